The molecule has 0 aromatic heterocycles. The maximum atomic E-state index is 12.5. The number of hydrogen-bond donors (Lipinski definition) is 1. The Morgan fingerprint density at radius 3 is 2.04 bits per heavy atom. The van der Waals surface area contributed by atoms with Crippen LogP contribution in [0, 0.1) is 6.92 Å². The standard InChI is InChI=1S/C21H26N2O4/c1-5-25-18-12-17(13-19(26-6-2)20(18)27-7-3)21(24)23-22-14-16-10-8-15(4)9-11-16/h8-14H,5-7H2,1-4H3,(H,23,24). The Hall–Kier alpha value is -3.02. The molecule has 0 fully saturated rings. The van der Waals surface area contributed by atoms with Crippen molar-refractivity contribution in [1.82, 2.24) is 5.43 Å². The van der Waals surface area contributed by atoms with E-state index in [0.29, 0.717) is 42.6 Å². The second-order valence-corrected chi connectivity index (χ2v) is 5.71. The van der Waals surface area contributed by atoms with Crippen LogP contribution >= 0.6 is 0 Å². The van der Waals surface area contributed by atoms with Crippen molar-refractivity contribution in [1.29, 1.82) is 0 Å². The molecule has 0 heterocycles. The Labute approximate surface area is 160 Å². The van der Waals surface area contributed by atoms with E-state index in [4.69, 9.17) is 14.2 Å². The van der Waals surface area contributed by atoms with Gasteiger partial charge in [0.2, 0.25) is 5.75 Å². The van der Waals surface area contributed by atoms with Crippen LogP contribution in [0.15, 0.2) is 41.5 Å². The number of carbonyl (C=O) groups is 1. The van der Waals surface area contributed by atoms with Gasteiger partial charge in [0, 0.05) is 5.56 Å². The van der Waals surface area contributed by atoms with Crippen LogP contribution in [0.4, 0.5) is 0 Å². The minimum Gasteiger partial charge on any atom is -0.490 e. The molecule has 0 unspecified atom stereocenters. The first-order valence-corrected chi connectivity index (χ1v) is 9.05. The summed E-state index contributed by atoms with van der Waals surface area (Å²) in [6.45, 7) is 8.99. The molecule has 27 heavy (non-hydrogen) atoms. The Bertz CT molecular complexity index is 758. The van der Waals surface area contributed by atoms with E-state index in [-0.39, 0.29) is 5.91 Å². The van der Waals surface area contributed by atoms with E-state index in [1.807, 2.05) is 52.0 Å². The molecule has 6 nitrogen and oxygen atoms in total. The molecule has 1 N–H and O–H groups in total. The number of rotatable bonds is 9. The number of aryl methyl sites for hydroxylation is 1. The topological polar surface area (TPSA) is 69.2 Å². The van der Waals surface area contributed by atoms with Crippen LogP contribution in [0.25, 0.3) is 0 Å². The second-order valence-electron chi connectivity index (χ2n) is 5.71. The van der Waals surface area contributed by atoms with E-state index < -0.39 is 0 Å². The van der Waals surface area contributed by atoms with Gasteiger partial charge in [-0.25, -0.2) is 5.43 Å². The van der Waals surface area contributed by atoms with Gasteiger partial charge in [-0.3, -0.25) is 4.79 Å². The number of hydrazone groups is 1. The Morgan fingerprint density at radius 1 is 0.963 bits per heavy atom. The maximum Gasteiger partial charge on any atom is 0.271 e. The molecule has 0 atom stereocenters. The number of nitrogens with zero attached hydrogens (tertiary/aromatic N) is 1. The maximum absolute atomic E-state index is 12.5. The monoisotopic (exact) mass is 370 g/mol. The average molecular weight is 370 g/mol. The Kier molecular flexibility index (Phi) is 7.67. The minimum absolute atomic E-state index is 0.358. The molecule has 2 aromatic rings. The molecular weight excluding hydrogens is 344 g/mol. The van der Waals surface area contributed by atoms with E-state index >= 15 is 0 Å². The first-order valence-electron chi connectivity index (χ1n) is 9.05. The largest absolute Gasteiger partial charge is 0.490 e. The van der Waals surface area contributed by atoms with Gasteiger partial charge in [0.15, 0.2) is 11.5 Å². The highest BCUT2D eigenvalue weighted by Gasteiger charge is 2.18. The van der Waals surface area contributed by atoms with Crippen LogP contribution in [-0.4, -0.2) is 31.9 Å². The summed E-state index contributed by atoms with van der Waals surface area (Å²) in [5, 5.41) is 4.02. The third-order valence-electron chi connectivity index (χ3n) is 3.63. The fourth-order valence-electron chi connectivity index (χ4n) is 2.40. The van der Waals surface area contributed by atoms with Gasteiger partial charge < -0.3 is 14.2 Å². The van der Waals surface area contributed by atoms with E-state index in [2.05, 4.69) is 10.5 Å². The molecule has 144 valence electrons. The van der Waals surface area contributed by atoms with Crippen molar-refractivity contribution in [2.45, 2.75) is 27.7 Å². The van der Waals surface area contributed by atoms with Crippen molar-refractivity contribution in [2.24, 2.45) is 5.10 Å². The summed E-state index contributed by atoms with van der Waals surface area (Å²) in [6.07, 6.45) is 1.60. The van der Waals surface area contributed by atoms with Crippen molar-refractivity contribution in [2.75, 3.05) is 19.8 Å². The van der Waals surface area contributed by atoms with Crippen molar-refractivity contribution < 1.29 is 19.0 Å². The van der Waals surface area contributed by atoms with E-state index in [0.717, 1.165) is 11.1 Å². The number of carbonyl (C=O) groups excluding carboxylic acids is 1. The van der Waals surface area contributed by atoms with Crippen molar-refractivity contribution >= 4 is 12.1 Å². The van der Waals surface area contributed by atoms with Crippen molar-refractivity contribution in [3.05, 3.63) is 53.1 Å². The van der Waals surface area contributed by atoms with E-state index in [1.54, 1.807) is 18.3 Å². The number of ether oxygens (including phenoxy) is 3. The molecular formula is C21H26N2O4. The fraction of sp³-hybridized carbons (Fsp3) is 0.333. The SMILES string of the molecule is CCOc1cc(C(=O)NN=Cc2ccc(C)cc2)cc(OCC)c1OCC. The summed E-state index contributed by atoms with van der Waals surface area (Å²) in [5.74, 6) is 1.08. The van der Waals surface area contributed by atoms with Gasteiger partial charge in [-0.15, -0.1) is 0 Å². The van der Waals surface area contributed by atoms with Crippen LogP contribution in [-0.2, 0) is 0 Å². The second kappa shape index (κ2) is 10.2. The zero-order valence-electron chi connectivity index (χ0n) is 16.2. The van der Waals surface area contributed by atoms with Crippen LogP contribution in [0.5, 0.6) is 17.2 Å². The Morgan fingerprint density at radius 2 is 1.52 bits per heavy atom. The first-order chi connectivity index (χ1) is 13.1. The predicted octanol–water partition coefficient (Wildman–Crippen LogP) is 3.96. The lowest BCUT2D eigenvalue weighted by Crippen LogP contribution is -2.18. The van der Waals surface area contributed by atoms with Crippen molar-refractivity contribution in [3.63, 3.8) is 0 Å². The van der Waals surface area contributed by atoms with Gasteiger partial charge in [0.1, 0.15) is 0 Å². The summed E-state index contributed by atoms with van der Waals surface area (Å²) in [5.41, 5.74) is 4.98. The van der Waals surface area contributed by atoms with Gasteiger partial charge in [-0.05, 0) is 45.4 Å². The molecule has 0 radical (unpaired) electrons. The normalized spacial score (nSPS) is 10.7. The molecule has 1 amide bonds. The molecule has 0 aliphatic rings. The van der Waals surface area contributed by atoms with Crippen LogP contribution < -0.4 is 19.6 Å². The number of nitrogens with one attached hydrogen (secondary N) is 1. The summed E-state index contributed by atoms with van der Waals surface area (Å²) < 4.78 is 16.9. The average Bonchev–Trinajstić information content (AvgIpc) is 2.66. The third kappa shape index (κ3) is 5.74. The summed E-state index contributed by atoms with van der Waals surface area (Å²) in [4.78, 5) is 12.5. The van der Waals surface area contributed by atoms with Crippen LogP contribution in [0.2, 0.25) is 0 Å². The van der Waals surface area contributed by atoms with Crippen LogP contribution in [0.1, 0.15) is 42.3 Å². The molecule has 0 saturated heterocycles. The third-order valence-corrected chi connectivity index (χ3v) is 3.63. The van der Waals surface area contributed by atoms with Gasteiger partial charge >= 0.3 is 0 Å². The fourth-order valence-corrected chi connectivity index (χ4v) is 2.40. The zero-order chi connectivity index (χ0) is 19.6. The minimum atomic E-state index is -0.358. The van der Waals surface area contributed by atoms with E-state index in [1.165, 1.54) is 0 Å². The van der Waals surface area contributed by atoms with Gasteiger partial charge in [0.05, 0.1) is 26.0 Å². The number of hydrogen-bond acceptors (Lipinski definition) is 5. The van der Waals surface area contributed by atoms with Crippen LogP contribution in [0.3, 0.4) is 0 Å². The molecule has 0 aliphatic carbocycles. The highest BCUT2D eigenvalue weighted by atomic mass is 16.5. The molecule has 0 bridgehead atoms. The smallest absolute Gasteiger partial charge is 0.271 e. The first kappa shape index (κ1) is 20.3. The zero-order valence-corrected chi connectivity index (χ0v) is 16.2. The highest BCUT2D eigenvalue weighted by Crippen LogP contribution is 2.39. The molecule has 0 saturated carbocycles. The summed E-state index contributed by atoms with van der Waals surface area (Å²) >= 11 is 0. The Balaban J connectivity index is 2.21. The quantitative estimate of drug-likeness (QED) is 0.536. The van der Waals surface area contributed by atoms with Gasteiger partial charge in [-0.2, -0.15) is 5.10 Å². The summed E-state index contributed by atoms with van der Waals surface area (Å²) in [7, 11) is 0. The molecule has 6 heteroatoms. The number of amides is 1. The summed E-state index contributed by atoms with van der Waals surface area (Å²) in [6, 6.07) is 11.1. The predicted molar refractivity (Wildman–Crippen MR) is 106 cm³/mol. The van der Waals surface area contributed by atoms with E-state index in [9.17, 15) is 4.79 Å². The molecule has 0 spiro atoms. The van der Waals surface area contributed by atoms with Crippen molar-refractivity contribution in [3.8, 4) is 17.2 Å². The lowest BCUT2D eigenvalue weighted by Gasteiger charge is -2.16. The molecule has 0 aliphatic heterocycles. The van der Waals surface area contributed by atoms with Gasteiger partial charge in [0.25, 0.3) is 5.91 Å². The molecule has 2 rings (SSSR count). The lowest BCUT2D eigenvalue weighted by molar-refractivity contribution is 0.0954. The highest BCUT2D eigenvalue weighted by molar-refractivity contribution is 5.96. The number of benzene rings is 2. The lowest BCUT2D eigenvalue weighted by atomic mass is 10.1. The van der Waals surface area contributed by atoms with Gasteiger partial charge in [-0.1, -0.05) is 29.8 Å². The molecule has 2 aromatic carbocycles.